The van der Waals surface area contributed by atoms with Crippen LogP contribution in [0.4, 0.5) is 5.69 Å². The summed E-state index contributed by atoms with van der Waals surface area (Å²) in [5.41, 5.74) is 1.68. The van der Waals surface area contributed by atoms with E-state index in [9.17, 15) is 18.0 Å². The maximum absolute atomic E-state index is 13.2. The van der Waals surface area contributed by atoms with Crippen LogP contribution in [0.1, 0.15) is 31.0 Å². The number of fused-ring (bicyclic) bond motifs is 1. The number of rotatable bonds is 5. The molecule has 1 N–H and O–H groups in total. The highest BCUT2D eigenvalue weighted by Crippen LogP contribution is 2.27. The normalized spacial score (nSPS) is 17.5. The molecule has 1 fully saturated rings. The third-order valence-electron chi connectivity index (χ3n) is 5.82. The van der Waals surface area contributed by atoms with E-state index in [2.05, 4.69) is 10.4 Å². The van der Waals surface area contributed by atoms with Crippen LogP contribution in [0.25, 0.3) is 11.0 Å². The molecule has 170 valence electrons. The number of piperidine rings is 1. The summed E-state index contributed by atoms with van der Waals surface area (Å²) in [6, 6.07) is 6.56. The van der Waals surface area contributed by atoms with Gasteiger partial charge >= 0.3 is 5.63 Å². The minimum absolute atomic E-state index is 0.104. The first-order chi connectivity index (χ1) is 15.2. The third-order valence-corrected chi connectivity index (χ3v) is 7.79. The van der Waals surface area contributed by atoms with Gasteiger partial charge in [-0.25, -0.2) is 13.2 Å². The summed E-state index contributed by atoms with van der Waals surface area (Å²) in [5, 5.41) is 7.87. The van der Waals surface area contributed by atoms with E-state index in [1.165, 1.54) is 10.4 Å². The van der Waals surface area contributed by atoms with Crippen molar-refractivity contribution in [3.05, 3.63) is 52.1 Å². The average Bonchev–Trinajstić information content (AvgIpc) is 3.15. The highest BCUT2D eigenvalue weighted by molar-refractivity contribution is 7.89. The maximum atomic E-state index is 13.2. The number of sulfonamides is 1. The van der Waals surface area contributed by atoms with Crippen molar-refractivity contribution >= 4 is 32.6 Å². The molecule has 0 radical (unpaired) electrons. The molecule has 2 aromatic heterocycles. The van der Waals surface area contributed by atoms with Crippen molar-refractivity contribution in [1.82, 2.24) is 14.1 Å². The first-order valence-electron chi connectivity index (χ1n) is 10.6. The fourth-order valence-electron chi connectivity index (χ4n) is 4.08. The number of aryl methyl sites for hydroxylation is 3. The molecule has 1 unspecified atom stereocenters. The summed E-state index contributed by atoms with van der Waals surface area (Å²) in [6.07, 6.45) is 2.72. The summed E-state index contributed by atoms with van der Waals surface area (Å²) < 4.78 is 34.5. The van der Waals surface area contributed by atoms with Gasteiger partial charge in [0, 0.05) is 49.0 Å². The van der Waals surface area contributed by atoms with Gasteiger partial charge < -0.3 is 9.73 Å². The molecule has 32 heavy (non-hydrogen) atoms. The van der Waals surface area contributed by atoms with Crippen LogP contribution in [-0.4, -0.2) is 41.5 Å². The fraction of sp³-hybridized carbons (Fsp3) is 0.409. The number of nitrogens with zero attached hydrogens (tertiary/aromatic N) is 3. The predicted molar refractivity (Wildman–Crippen MR) is 120 cm³/mol. The smallest absolute Gasteiger partial charge is 0.336 e. The SMILES string of the molecule is CCn1cc(S(=O)(=O)N2CCCC(C(=O)Nc3ccc4c(C)cc(=O)oc4c3)C2)c(C)n1. The van der Waals surface area contributed by atoms with E-state index in [1.54, 1.807) is 36.0 Å². The van der Waals surface area contributed by atoms with Gasteiger partial charge in [-0.05, 0) is 51.3 Å². The molecule has 1 saturated heterocycles. The summed E-state index contributed by atoms with van der Waals surface area (Å²) in [5.74, 6) is -0.750. The lowest BCUT2D eigenvalue weighted by molar-refractivity contribution is -0.120. The number of nitrogens with one attached hydrogen (secondary N) is 1. The van der Waals surface area contributed by atoms with Gasteiger partial charge in [-0.2, -0.15) is 9.40 Å². The second kappa shape index (κ2) is 8.51. The monoisotopic (exact) mass is 458 g/mol. The first kappa shape index (κ1) is 22.2. The molecule has 1 amide bonds. The number of anilines is 1. The Morgan fingerprint density at radius 1 is 1.28 bits per heavy atom. The second-order valence-corrected chi connectivity index (χ2v) is 9.99. The Morgan fingerprint density at radius 3 is 2.78 bits per heavy atom. The van der Waals surface area contributed by atoms with E-state index in [1.807, 2.05) is 13.8 Å². The highest BCUT2D eigenvalue weighted by Gasteiger charge is 2.35. The Kier molecular flexibility index (Phi) is 5.91. The van der Waals surface area contributed by atoms with E-state index >= 15 is 0 Å². The summed E-state index contributed by atoms with van der Waals surface area (Å²) >= 11 is 0. The summed E-state index contributed by atoms with van der Waals surface area (Å²) in [6.45, 7) is 6.43. The standard InChI is InChI=1S/C22H26N4O5S/c1-4-25-13-20(15(3)24-25)32(29,30)26-9-5-6-16(12-26)22(28)23-17-7-8-18-14(2)10-21(27)31-19(18)11-17/h7-8,10-11,13,16H,4-6,9,12H2,1-3H3,(H,23,28). The van der Waals surface area contributed by atoms with Crippen LogP contribution in [-0.2, 0) is 21.4 Å². The van der Waals surface area contributed by atoms with Crippen LogP contribution in [0.2, 0.25) is 0 Å². The molecule has 1 aromatic carbocycles. The van der Waals surface area contributed by atoms with Gasteiger partial charge in [0.1, 0.15) is 10.5 Å². The maximum Gasteiger partial charge on any atom is 0.336 e. The lowest BCUT2D eigenvalue weighted by atomic mass is 9.98. The van der Waals surface area contributed by atoms with Crippen molar-refractivity contribution in [2.45, 2.75) is 45.1 Å². The molecule has 3 heterocycles. The topological polar surface area (TPSA) is 115 Å². The van der Waals surface area contributed by atoms with E-state index in [4.69, 9.17) is 4.42 Å². The molecule has 4 rings (SSSR count). The van der Waals surface area contributed by atoms with E-state index in [0.29, 0.717) is 42.9 Å². The van der Waals surface area contributed by atoms with Crippen molar-refractivity contribution in [1.29, 1.82) is 0 Å². The van der Waals surface area contributed by atoms with E-state index < -0.39 is 21.6 Å². The Labute approximate surface area is 186 Å². The lowest BCUT2D eigenvalue weighted by Crippen LogP contribution is -2.43. The second-order valence-electron chi connectivity index (χ2n) is 8.09. The van der Waals surface area contributed by atoms with Crippen LogP contribution in [0.15, 0.2) is 44.6 Å². The van der Waals surface area contributed by atoms with Crippen LogP contribution >= 0.6 is 0 Å². The molecule has 9 nitrogen and oxygen atoms in total. The number of carbonyl (C=O) groups excluding carboxylic acids is 1. The third kappa shape index (κ3) is 4.20. The number of aromatic nitrogens is 2. The zero-order valence-corrected chi connectivity index (χ0v) is 19.1. The summed E-state index contributed by atoms with van der Waals surface area (Å²) in [7, 11) is -3.74. The van der Waals surface area contributed by atoms with Crippen LogP contribution in [0.3, 0.4) is 0 Å². The molecule has 1 aliphatic heterocycles. The number of benzene rings is 1. The summed E-state index contributed by atoms with van der Waals surface area (Å²) in [4.78, 5) is 24.8. The molecular weight excluding hydrogens is 432 g/mol. The molecule has 1 atom stereocenters. The van der Waals surface area contributed by atoms with Gasteiger partial charge in [-0.15, -0.1) is 0 Å². The number of carbonyl (C=O) groups is 1. The van der Waals surface area contributed by atoms with Gasteiger partial charge in [0.25, 0.3) is 0 Å². The van der Waals surface area contributed by atoms with Crippen LogP contribution in [0, 0.1) is 19.8 Å². The first-order valence-corrected chi connectivity index (χ1v) is 12.0. The highest BCUT2D eigenvalue weighted by atomic mass is 32.2. The van der Waals surface area contributed by atoms with Crippen LogP contribution < -0.4 is 10.9 Å². The molecule has 0 spiro atoms. The average molecular weight is 459 g/mol. The Morgan fingerprint density at radius 2 is 2.06 bits per heavy atom. The Bertz CT molecular complexity index is 1340. The van der Waals surface area contributed by atoms with Crippen LogP contribution in [0.5, 0.6) is 0 Å². The fourth-order valence-corrected chi connectivity index (χ4v) is 5.77. The Balaban J connectivity index is 1.52. The zero-order valence-electron chi connectivity index (χ0n) is 18.3. The molecule has 1 aliphatic rings. The van der Waals surface area contributed by atoms with Gasteiger partial charge in [-0.3, -0.25) is 9.48 Å². The zero-order chi connectivity index (χ0) is 23.0. The van der Waals surface area contributed by atoms with Gasteiger partial charge in [0.2, 0.25) is 15.9 Å². The molecule has 0 bridgehead atoms. The minimum atomic E-state index is -3.74. The van der Waals surface area contributed by atoms with Gasteiger partial charge in [-0.1, -0.05) is 0 Å². The van der Waals surface area contributed by atoms with Crippen molar-refractivity contribution in [3.8, 4) is 0 Å². The van der Waals surface area contributed by atoms with Gasteiger partial charge in [0.05, 0.1) is 11.6 Å². The molecule has 10 heteroatoms. The number of hydrogen-bond acceptors (Lipinski definition) is 6. The number of amides is 1. The van der Waals surface area contributed by atoms with Gasteiger partial charge in [0.15, 0.2) is 0 Å². The van der Waals surface area contributed by atoms with E-state index in [-0.39, 0.29) is 17.3 Å². The van der Waals surface area contributed by atoms with Crippen molar-refractivity contribution in [2.24, 2.45) is 5.92 Å². The van der Waals surface area contributed by atoms with Crippen molar-refractivity contribution < 1.29 is 17.6 Å². The minimum Gasteiger partial charge on any atom is -0.423 e. The van der Waals surface area contributed by atoms with Crippen molar-refractivity contribution in [3.63, 3.8) is 0 Å². The molecular formula is C22H26N4O5S. The van der Waals surface area contributed by atoms with E-state index in [0.717, 1.165) is 10.9 Å². The molecule has 0 saturated carbocycles. The lowest BCUT2D eigenvalue weighted by Gasteiger charge is -2.31. The predicted octanol–water partition coefficient (Wildman–Crippen LogP) is 2.67. The molecule has 0 aliphatic carbocycles. The largest absolute Gasteiger partial charge is 0.423 e. The number of hydrogen-bond donors (Lipinski definition) is 1. The molecule has 3 aromatic rings. The van der Waals surface area contributed by atoms with Crippen molar-refractivity contribution in [2.75, 3.05) is 18.4 Å². The Hall–Kier alpha value is -2.98. The quantitative estimate of drug-likeness (QED) is 0.588.